The van der Waals surface area contributed by atoms with Crippen LogP contribution in [-0.2, 0) is 11.3 Å². The van der Waals surface area contributed by atoms with Crippen LogP contribution in [0.3, 0.4) is 0 Å². The molecule has 1 heterocycles. The minimum absolute atomic E-state index is 0.146. The summed E-state index contributed by atoms with van der Waals surface area (Å²) in [6, 6.07) is 2.08. The van der Waals surface area contributed by atoms with E-state index in [4.69, 9.17) is 5.26 Å². The first-order chi connectivity index (χ1) is 13.8. The number of Topliss-reactive ketones (excluding diaryl/α,β-unsaturated/α-hetero) is 1. The number of fused-ring (bicyclic) bond motifs is 5. The summed E-state index contributed by atoms with van der Waals surface area (Å²) in [4.78, 5) is 13.0. The lowest BCUT2D eigenvalue weighted by Crippen LogP contribution is -2.60. The van der Waals surface area contributed by atoms with Gasteiger partial charge in [0.2, 0.25) is 0 Å². The van der Waals surface area contributed by atoms with Crippen LogP contribution in [0.25, 0.3) is 0 Å². The normalized spacial score (nSPS) is 45.9. The number of carbonyl (C=O) groups is 1. The first-order valence-corrected chi connectivity index (χ1v) is 11.5. The highest BCUT2D eigenvalue weighted by Crippen LogP contribution is 2.67. The second-order valence-electron chi connectivity index (χ2n) is 11.0. The first kappa shape index (κ1) is 19.3. The zero-order valence-corrected chi connectivity index (χ0v) is 17.7. The van der Waals surface area contributed by atoms with Gasteiger partial charge in [0, 0.05) is 12.1 Å². The van der Waals surface area contributed by atoms with Crippen LogP contribution in [0.4, 0.5) is 0 Å². The maximum Gasteiger partial charge on any atom is 0.157 e. The van der Waals surface area contributed by atoms with Gasteiger partial charge in [-0.1, -0.05) is 6.92 Å². The lowest BCUT2D eigenvalue weighted by Gasteiger charge is -2.65. The van der Waals surface area contributed by atoms with E-state index >= 15 is 0 Å². The number of ketones is 1. The van der Waals surface area contributed by atoms with Crippen molar-refractivity contribution in [2.45, 2.75) is 77.4 Å². The molecule has 1 aromatic heterocycles. The van der Waals surface area contributed by atoms with E-state index in [0.717, 1.165) is 43.4 Å². The van der Waals surface area contributed by atoms with E-state index in [0.29, 0.717) is 23.9 Å². The molecule has 0 aromatic carbocycles. The molecule has 4 fully saturated rings. The van der Waals surface area contributed by atoms with Crippen molar-refractivity contribution in [1.29, 1.82) is 5.26 Å². The Morgan fingerprint density at radius 1 is 1.24 bits per heavy atom. The first-order valence-electron chi connectivity index (χ1n) is 11.5. The molecular weight excluding hydrogens is 362 g/mol. The third-order valence-electron chi connectivity index (χ3n) is 9.43. The molecule has 0 amide bonds. The van der Waals surface area contributed by atoms with Gasteiger partial charge in [-0.05, 0) is 93.3 Å². The minimum Gasteiger partial charge on any atom is -0.390 e. The van der Waals surface area contributed by atoms with Gasteiger partial charge in [0.15, 0.2) is 5.78 Å². The van der Waals surface area contributed by atoms with Gasteiger partial charge in [-0.15, -0.1) is 0 Å². The topological polar surface area (TPSA) is 78.9 Å². The predicted octanol–water partition coefficient (Wildman–Crippen LogP) is 3.95. The molecule has 0 aliphatic heterocycles. The fourth-order valence-electron chi connectivity index (χ4n) is 7.95. The Morgan fingerprint density at radius 2 is 2.03 bits per heavy atom. The van der Waals surface area contributed by atoms with Crippen molar-refractivity contribution >= 4 is 5.78 Å². The highest BCUT2D eigenvalue weighted by atomic mass is 16.3. The van der Waals surface area contributed by atoms with Gasteiger partial charge in [-0.25, -0.2) is 0 Å². The zero-order chi connectivity index (χ0) is 20.4. The number of nitriles is 1. The van der Waals surface area contributed by atoms with Gasteiger partial charge in [0.25, 0.3) is 0 Å². The molecule has 4 aliphatic carbocycles. The van der Waals surface area contributed by atoms with E-state index in [1.54, 1.807) is 10.9 Å². The van der Waals surface area contributed by atoms with E-state index in [1.165, 1.54) is 31.9 Å². The highest BCUT2D eigenvalue weighted by Gasteiger charge is 2.62. The second-order valence-corrected chi connectivity index (χ2v) is 11.0. The Bertz CT molecular complexity index is 853. The Morgan fingerprint density at radius 3 is 2.79 bits per heavy atom. The number of aliphatic hydroxyl groups is 1. The second kappa shape index (κ2) is 6.67. The molecule has 0 bridgehead atoms. The van der Waals surface area contributed by atoms with Crippen LogP contribution in [0.5, 0.6) is 0 Å². The van der Waals surface area contributed by atoms with Crippen LogP contribution in [0.15, 0.2) is 12.4 Å². The maximum atomic E-state index is 13.0. The van der Waals surface area contributed by atoms with Gasteiger partial charge in [-0.2, -0.15) is 10.4 Å². The molecule has 8 atom stereocenters. The van der Waals surface area contributed by atoms with Crippen molar-refractivity contribution in [3.63, 3.8) is 0 Å². The molecule has 4 saturated carbocycles. The minimum atomic E-state index is -0.455. The summed E-state index contributed by atoms with van der Waals surface area (Å²) in [6.45, 7) is 4.68. The van der Waals surface area contributed by atoms with Crippen molar-refractivity contribution in [2.75, 3.05) is 0 Å². The number of hydrogen-bond donors (Lipinski definition) is 1. The SMILES string of the molecule is C[C@@]1(O)CC[C@H]2[C@H](CC[C@@H]3[C@@H]2CC[C@]2(C)[C@@H](C(=O)Cn4cc(C#N)cn4)C[C@@H]32)C1. The van der Waals surface area contributed by atoms with E-state index in [-0.39, 0.29) is 17.1 Å². The Balaban J connectivity index is 1.26. The van der Waals surface area contributed by atoms with Crippen LogP contribution in [0.2, 0.25) is 0 Å². The van der Waals surface area contributed by atoms with Crippen LogP contribution >= 0.6 is 0 Å². The van der Waals surface area contributed by atoms with Crippen LogP contribution < -0.4 is 0 Å². The summed E-state index contributed by atoms with van der Waals surface area (Å²) in [7, 11) is 0. The molecule has 1 N–H and O–H groups in total. The Hall–Kier alpha value is -1.67. The molecule has 29 heavy (non-hydrogen) atoms. The van der Waals surface area contributed by atoms with E-state index < -0.39 is 5.60 Å². The molecule has 0 spiro atoms. The Kier molecular flexibility index (Phi) is 4.44. The molecule has 0 saturated heterocycles. The molecule has 5 heteroatoms. The van der Waals surface area contributed by atoms with Crippen molar-refractivity contribution in [3.8, 4) is 6.07 Å². The summed E-state index contributed by atoms with van der Waals surface area (Å²) in [5, 5.41) is 23.7. The molecule has 4 aliphatic rings. The molecular formula is C24H33N3O2. The third-order valence-corrected chi connectivity index (χ3v) is 9.43. The molecule has 0 radical (unpaired) electrons. The monoisotopic (exact) mass is 395 g/mol. The fourth-order valence-corrected chi connectivity index (χ4v) is 7.95. The van der Waals surface area contributed by atoms with Crippen LogP contribution in [-0.4, -0.2) is 26.3 Å². The van der Waals surface area contributed by atoms with Crippen molar-refractivity contribution < 1.29 is 9.90 Å². The average Bonchev–Trinajstić information content (AvgIpc) is 3.11. The zero-order valence-electron chi connectivity index (χ0n) is 17.7. The van der Waals surface area contributed by atoms with E-state index in [2.05, 4.69) is 18.1 Å². The number of nitrogens with zero attached hydrogens (tertiary/aromatic N) is 3. The molecule has 0 unspecified atom stereocenters. The van der Waals surface area contributed by atoms with Crippen LogP contribution in [0, 0.1) is 52.3 Å². The average molecular weight is 396 g/mol. The molecule has 5 nitrogen and oxygen atoms in total. The Labute approximate surface area is 173 Å². The largest absolute Gasteiger partial charge is 0.390 e. The van der Waals surface area contributed by atoms with E-state index in [1.807, 2.05) is 6.92 Å². The maximum absolute atomic E-state index is 13.0. The lowest BCUT2D eigenvalue weighted by molar-refractivity contribution is -0.177. The quantitative estimate of drug-likeness (QED) is 0.840. The van der Waals surface area contributed by atoms with Crippen molar-refractivity contribution in [3.05, 3.63) is 18.0 Å². The summed E-state index contributed by atoms with van der Waals surface area (Å²) in [5.74, 6) is 4.20. The smallest absolute Gasteiger partial charge is 0.157 e. The fraction of sp³-hybridized carbons (Fsp3) is 0.792. The standard InChI is InChI=1S/C24H33N3O2/c1-23(29)7-5-17-16(10-23)3-4-19-18(17)6-8-24(2)20(19)9-21(24)22(28)14-27-13-15(11-25)12-26-27/h12-13,16-21,29H,3-10,14H2,1-2H3/t16-,17+,18-,19-,20+,21-,23-,24+/m1/s1. The lowest BCUT2D eigenvalue weighted by atomic mass is 9.39. The molecule has 156 valence electrons. The third kappa shape index (κ3) is 3.06. The summed E-state index contributed by atoms with van der Waals surface area (Å²) < 4.78 is 1.63. The van der Waals surface area contributed by atoms with Gasteiger partial charge in [0.05, 0.1) is 23.9 Å². The van der Waals surface area contributed by atoms with Crippen molar-refractivity contribution in [2.24, 2.45) is 40.9 Å². The molecule has 5 rings (SSSR count). The summed E-state index contributed by atoms with van der Waals surface area (Å²) in [6.07, 6.45) is 12.3. The van der Waals surface area contributed by atoms with E-state index in [9.17, 15) is 9.90 Å². The number of aromatic nitrogens is 2. The number of hydrogen-bond acceptors (Lipinski definition) is 4. The summed E-state index contributed by atoms with van der Waals surface area (Å²) >= 11 is 0. The number of rotatable bonds is 3. The number of carbonyl (C=O) groups excluding carboxylic acids is 1. The van der Waals surface area contributed by atoms with Crippen molar-refractivity contribution in [1.82, 2.24) is 9.78 Å². The molecule has 1 aromatic rings. The summed E-state index contributed by atoms with van der Waals surface area (Å²) in [5.41, 5.74) is 0.207. The van der Waals surface area contributed by atoms with Gasteiger partial charge >= 0.3 is 0 Å². The highest BCUT2D eigenvalue weighted by molar-refractivity contribution is 5.82. The predicted molar refractivity (Wildman–Crippen MR) is 109 cm³/mol. The van der Waals surface area contributed by atoms with Crippen LogP contribution in [0.1, 0.15) is 70.8 Å². The van der Waals surface area contributed by atoms with Gasteiger partial charge in [-0.3, -0.25) is 9.48 Å². The van der Waals surface area contributed by atoms with Gasteiger partial charge < -0.3 is 5.11 Å². The van der Waals surface area contributed by atoms with Gasteiger partial charge in [0.1, 0.15) is 6.07 Å².